The summed E-state index contributed by atoms with van der Waals surface area (Å²) in [6, 6.07) is 0. The van der Waals surface area contributed by atoms with Crippen molar-refractivity contribution in [3.63, 3.8) is 0 Å². The van der Waals surface area contributed by atoms with E-state index in [1.54, 1.807) is 12.2 Å². The van der Waals surface area contributed by atoms with Crippen LogP contribution in [-0.4, -0.2) is 36.9 Å². The summed E-state index contributed by atoms with van der Waals surface area (Å²) in [6.07, 6.45) is 10.1. The van der Waals surface area contributed by atoms with Crippen molar-refractivity contribution in [2.45, 2.75) is 0 Å². The second-order valence-corrected chi connectivity index (χ2v) is 5.61. The molecule has 3 rings (SSSR count). The van der Waals surface area contributed by atoms with E-state index < -0.39 is 6.90 Å². The van der Waals surface area contributed by atoms with Gasteiger partial charge in [-0.3, -0.25) is 0 Å². The lowest BCUT2D eigenvalue weighted by atomic mass is 9.72. The van der Waals surface area contributed by atoms with Crippen LogP contribution < -0.4 is 10.5 Å². The smallest absolute Gasteiger partial charge is 0.599 e. The monoisotopic (exact) mass is 323 g/mol. The molecule has 0 fully saturated rings. The van der Waals surface area contributed by atoms with Gasteiger partial charge < -0.3 is 13.3 Å². The van der Waals surface area contributed by atoms with E-state index in [1.165, 1.54) is 12.2 Å². The number of hydrogen-bond donors (Lipinski definition) is 1. The summed E-state index contributed by atoms with van der Waals surface area (Å²) in [5.74, 6) is 0.110. The zero-order chi connectivity index (χ0) is 15.9. The number of fused-ring (bicyclic) bond motifs is 1. The molecule has 1 aliphatic carbocycles. The lowest BCUT2D eigenvalue weighted by Gasteiger charge is -2.32. The Kier molecular flexibility index (Phi) is 3.52. The Labute approximate surface area is 131 Å². The van der Waals surface area contributed by atoms with Crippen molar-refractivity contribution in [3.05, 3.63) is 58.5 Å². The van der Waals surface area contributed by atoms with Crippen molar-refractivity contribution in [1.82, 2.24) is 5.43 Å². The summed E-state index contributed by atoms with van der Waals surface area (Å²) in [4.78, 5) is 0. The van der Waals surface area contributed by atoms with Gasteiger partial charge in [-0.15, -0.1) is 5.10 Å². The minimum atomic E-state index is -4.20. The quantitative estimate of drug-likeness (QED) is 0.396. The molecule has 22 heavy (non-hydrogen) atoms. The van der Waals surface area contributed by atoms with Crippen LogP contribution in [0.25, 0.3) is 0 Å². The number of halogens is 3. The predicted octanol–water partition coefficient (Wildman–Crippen LogP) is 0.588. The maximum atomic E-state index is 14.1. The molecule has 8 heteroatoms. The molecule has 4 nitrogen and oxygen atoms in total. The molecule has 0 bridgehead atoms. The van der Waals surface area contributed by atoms with E-state index in [2.05, 4.69) is 10.5 Å². The highest BCUT2D eigenvalue weighted by molar-refractivity contribution is 6.94. The Balaban J connectivity index is 2.05. The molecule has 0 amide bonds. The van der Waals surface area contributed by atoms with Gasteiger partial charge in [0.15, 0.2) is 16.5 Å². The van der Waals surface area contributed by atoms with Crippen LogP contribution >= 0.6 is 11.6 Å². The Morgan fingerprint density at radius 1 is 1.18 bits per heavy atom. The minimum Gasteiger partial charge on any atom is -0.656 e. The molecular formula is C14H13BClF2N3O+. The number of nitrogens with zero attached hydrogens (tertiary/aromatic N) is 2. The third-order valence-corrected chi connectivity index (χ3v) is 3.63. The summed E-state index contributed by atoms with van der Waals surface area (Å²) in [5, 5.41) is 2.38. The third-order valence-electron chi connectivity index (χ3n) is 3.43. The average molecular weight is 324 g/mol. The fourth-order valence-corrected chi connectivity index (χ4v) is 2.43. The minimum absolute atomic E-state index is 0.110. The Morgan fingerprint density at radius 2 is 1.86 bits per heavy atom. The molecule has 0 saturated carbocycles. The molecule has 113 valence electrons. The summed E-state index contributed by atoms with van der Waals surface area (Å²) >= 11 is 5.76. The van der Waals surface area contributed by atoms with Gasteiger partial charge in [0.25, 0.3) is 0 Å². The maximum absolute atomic E-state index is 14.1. The topological polar surface area (TPSA) is 40.3 Å². The van der Waals surface area contributed by atoms with Crippen molar-refractivity contribution in [2.24, 2.45) is 0 Å². The van der Waals surface area contributed by atoms with Gasteiger partial charge in [-0.05, 0) is 24.3 Å². The molecular weight excluding hydrogens is 310 g/mol. The fraction of sp³-hybridized carbons (Fsp3) is 0.143. The molecule has 0 unspecified atom stereocenters. The highest BCUT2D eigenvalue weighted by Gasteiger charge is 2.47. The number of rotatable bonds is 0. The van der Waals surface area contributed by atoms with Crippen molar-refractivity contribution in [1.29, 1.82) is 0 Å². The molecule has 1 radical (unpaired) electrons. The number of hydrogen-bond acceptors (Lipinski definition) is 1. The summed E-state index contributed by atoms with van der Waals surface area (Å²) in [5.41, 5.74) is 5.06. The van der Waals surface area contributed by atoms with Crippen LogP contribution in [0.3, 0.4) is 0 Å². The van der Waals surface area contributed by atoms with Crippen LogP contribution in [0, 0.1) is 0 Å². The molecule has 3 aliphatic rings. The van der Waals surface area contributed by atoms with E-state index in [0.717, 1.165) is 5.71 Å². The molecule has 0 aromatic carbocycles. The van der Waals surface area contributed by atoms with Gasteiger partial charge in [-0.1, -0.05) is 11.6 Å². The summed E-state index contributed by atoms with van der Waals surface area (Å²) < 4.78 is 35.1. The largest absolute Gasteiger partial charge is 0.656 e. The molecule has 2 aliphatic heterocycles. The molecule has 0 atom stereocenters. The molecule has 0 aromatic rings. The van der Waals surface area contributed by atoms with E-state index in [9.17, 15) is 8.63 Å². The van der Waals surface area contributed by atoms with E-state index in [-0.39, 0.29) is 22.1 Å². The van der Waals surface area contributed by atoms with Gasteiger partial charge in [0, 0.05) is 28.7 Å². The van der Waals surface area contributed by atoms with Gasteiger partial charge in [0.2, 0.25) is 0 Å². The van der Waals surface area contributed by atoms with E-state index in [0.29, 0.717) is 5.57 Å². The van der Waals surface area contributed by atoms with Crippen molar-refractivity contribution in [2.75, 3.05) is 14.1 Å². The summed E-state index contributed by atoms with van der Waals surface area (Å²) in [7, 11) is 3.81. The second kappa shape index (κ2) is 5.24. The first-order chi connectivity index (χ1) is 10.4. The van der Waals surface area contributed by atoms with E-state index >= 15 is 0 Å². The van der Waals surface area contributed by atoms with Crippen LogP contribution in [0.15, 0.2) is 58.5 Å². The first-order valence-corrected chi connectivity index (χ1v) is 7.02. The Bertz CT molecular complexity index is 738. The lowest BCUT2D eigenvalue weighted by Crippen LogP contribution is -2.83. The SMILES string of the molecule is C[N+](C)=C1C=CC(=C2C=C3C=C(Cl)[N][NH+]=C3[B-](F)(F)O2)C=C1. The zero-order valence-electron chi connectivity index (χ0n) is 12.0. The standard InChI is InChI=1S/C14H13BClF2N3O/c1-21(2)11-5-3-9(4-6-11)12-7-10-8-13(16)19-20-14(10)15(17,18)22-12/h3-8,20H,1-2H3/q+1. The highest BCUT2D eigenvalue weighted by Crippen LogP contribution is 2.30. The molecule has 0 aromatic heterocycles. The van der Waals surface area contributed by atoms with E-state index in [1.807, 2.05) is 30.8 Å². The normalized spacial score (nSPS) is 22.2. The average Bonchev–Trinajstić information content (AvgIpc) is 2.46. The maximum Gasteiger partial charge on any atom is 0.599 e. The molecule has 1 N–H and O–H groups in total. The molecule has 0 saturated heterocycles. The van der Waals surface area contributed by atoms with Crippen LogP contribution in [0.1, 0.15) is 0 Å². The van der Waals surface area contributed by atoms with Crippen LogP contribution in [0.5, 0.6) is 0 Å². The van der Waals surface area contributed by atoms with Gasteiger partial charge in [-0.25, -0.2) is 4.58 Å². The predicted molar refractivity (Wildman–Crippen MR) is 81.6 cm³/mol. The van der Waals surface area contributed by atoms with Crippen molar-refractivity contribution < 1.29 is 23.0 Å². The molecule has 0 spiro atoms. The number of nitrogens with one attached hydrogen (secondary N) is 1. The zero-order valence-corrected chi connectivity index (χ0v) is 12.7. The highest BCUT2D eigenvalue weighted by atomic mass is 35.5. The van der Waals surface area contributed by atoms with Gasteiger partial charge >= 0.3 is 6.90 Å². The van der Waals surface area contributed by atoms with Crippen molar-refractivity contribution >= 4 is 29.8 Å². The Hall–Kier alpha value is -2.15. The first-order valence-electron chi connectivity index (χ1n) is 6.65. The van der Waals surface area contributed by atoms with Crippen LogP contribution in [-0.2, 0) is 4.65 Å². The van der Waals surface area contributed by atoms with Gasteiger partial charge in [0.1, 0.15) is 14.1 Å². The third kappa shape index (κ3) is 2.64. The fourth-order valence-electron chi connectivity index (χ4n) is 2.27. The second-order valence-electron chi connectivity index (χ2n) is 5.22. The van der Waals surface area contributed by atoms with Crippen LogP contribution in [0.4, 0.5) is 8.63 Å². The van der Waals surface area contributed by atoms with E-state index in [4.69, 9.17) is 16.3 Å². The van der Waals surface area contributed by atoms with Gasteiger partial charge in [-0.2, -0.15) is 0 Å². The lowest BCUT2D eigenvalue weighted by molar-refractivity contribution is -0.520. The molecule has 2 heterocycles. The van der Waals surface area contributed by atoms with Crippen LogP contribution in [0.2, 0.25) is 0 Å². The number of allylic oxidation sites excluding steroid dienone is 8. The van der Waals surface area contributed by atoms with Crippen molar-refractivity contribution in [3.8, 4) is 0 Å². The first kappa shape index (κ1) is 14.8. The Morgan fingerprint density at radius 3 is 2.50 bits per heavy atom. The van der Waals surface area contributed by atoms with Gasteiger partial charge in [0.05, 0.1) is 5.76 Å². The summed E-state index contributed by atoms with van der Waals surface area (Å²) in [6.45, 7) is -4.20.